The summed E-state index contributed by atoms with van der Waals surface area (Å²) >= 11 is 0. The highest BCUT2D eigenvalue weighted by Gasteiger charge is 2.26. The fraction of sp³-hybridized carbons (Fsp3) is 0.684. The summed E-state index contributed by atoms with van der Waals surface area (Å²) in [5.74, 6) is 0.993. The molecule has 2 unspecified atom stereocenters. The molecule has 1 saturated carbocycles. The van der Waals surface area contributed by atoms with E-state index in [0.29, 0.717) is 0 Å². The lowest BCUT2D eigenvalue weighted by Crippen LogP contribution is -2.39. The number of anilines is 1. The summed E-state index contributed by atoms with van der Waals surface area (Å²) < 4.78 is 0. The molecule has 0 spiro atoms. The van der Waals surface area contributed by atoms with E-state index in [2.05, 4.69) is 30.0 Å². The number of rotatable bonds is 3. The van der Waals surface area contributed by atoms with Crippen LogP contribution in [0.3, 0.4) is 0 Å². The molecule has 1 aliphatic carbocycles. The van der Waals surface area contributed by atoms with Crippen LogP contribution < -0.4 is 5.73 Å². The molecule has 1 aromatic rings. The lowest BCUT2D eigenvalue weighted by molar-refractivity contribution is 0.161. The molecular weight excluding hydrogens is 256 g/mol. The van der Waals surface area contributed by atoms with Gasteiger partial charge in [0.25, 0.3) is 0 Å². The Labute approximate surface area is 129 Å². The van der Waals surface area contributed by atoms with Crippen molar-refractivity contribution in [1.82, 2.24) is 4.90 Å². The Kier molecular flexibility index (Phi) is 4.84. The van der Waals surface area contributed by atoms with Crippen LogP contribution in [0.1, 0.15) is 63.0 Å². The SMILES string of the molecule is CCCC1CCCC(N2CCc3c(N)cccc3C2)CC1. The minimum atomic E-state index is 0.807. The molecule has 1 heterocycles. The highest BCUT2D eigenvalue weighted by atomic mass is 15.2. The van der Waals surface area contributed by atoms with Crippen LogP contribution in [0.4, 0.5) is 5.69 Å². The molecule has 0 aromatic heterocycles. The van der Waals surface area contributed by atoms with Gasteiger partial charge in [0.05, 0.1) is 0 Å². The van der Waals surface area contributed by atoms with E-state index in [1.54, 1.807) is 0 Å². The second-order valence-corrected chi connectivity index (χ2v) is 7.02. The van der Waals surface area contributed by atoms with Crippen molar-refractivity contribution in [1.29, 1.82) is 0 Å². The first-order valence-electron chi connectivity index (χ1n) is 8.88. The summed E-state index contributed by atoms with van der Waals surface area (Å²) in [5, 5.41) is 0. The standard InChI is InChI=1S/C19H30N2/c1-2-5-15-6-3-8-17(11-10-15)21-13-12-18-16(14-21)7-4-9-19(18)20/h4,7,9,15,17H,2-3,5-6,8,10-14,20H2,1H3. The van der Waals surface area contributed by atoms with Gasteiger partial charge in [-0.15, -0.1) is 0 Å². The smallest absolute Gasteiger partial charge is 0.0350 e. The van der Waals surface area contributed by atoms with E-state index in [0.717, 1.165) is 30.6 Å². The van der Waals surface area contributed by atoms with Crippen molar-refractivity contribution in [2.24, 2.45) is 5.92 Å². The first-order chi connectivity index (χ1) is 10.3. The van der Waals surface area contributed by atoms with Gasteiger partial charge in [-0.3, -0.25) is 4.90 Å². The molecule has 3 rings (SSSR count). The van der Waals surface area contributed by atoms with Crippen molar-refractivity contribution in [2.75, 3.05) is 12.3 Å². The van der Waals surface area contributed by atoms with Gasteiger partial charge in [-0.05, 0) is 48.8 Å². The Morgan fingerprint density at radius 1 is 1.19 bits per heavy atom. The van der Waals surface area contributed by atoms with Crippen molar-refractivity contribution in [3.05, 3.63) is 29.3 Å². The first-order valence-corrected chi connectivity index (χ1v) is 8.88. The van der Waals surface area contributed by atoms with Crippen molar-refractivity contribution < 1.29 is 0 Å². The second kappa shape index (κ2) is 6.83. The van der Waals surface area contributed by atoms with Crippen LogP contribution in [-0.2, 0) is 13.0 Å². The lowest BCUT2D eigenvalue weighted by Gasteiger charge is -2.35. The molecule has 2 nitrogen and oxygen atoms in total. The molecular formula is C19H30N2. The van der Waals surface area contributed by atoms with Gasteiger partial charge in [0.2, 0.25) is 0 Å². The Bertz CT molecular complexity index is 469. The van der Waals surface area contributed by atoms with Gasteiger partial charge in [0.1, 0.15) is 0 Å². The van der Waals surface area contributed by atoms with Gasteiger partial charge in [0, 0.05) is 24.8 Å². The van der Waals surface area contributed by atoms with Crippen LogP contribution >= 0.6 is 0 Å². The summed E-state index contributed by atoms with van der Waals surface area (Å²) in [6.45, 7) is 4.64. The maximum absolute atomic E-state index is 6.12. The van der Waals surface area contributed by atoms with Gasteiger partial charge >= 0.3 is 0 Å². The van der Waals surface area contributed by atoms with Gasteiger partial charge in [-0.2, -0.15) is 0 Å². The zero-order valence-electron chi connectivity index (χ0n) is 13.5. The lowest BCUT2D eigenvalue weighted by atomic mass is 9.94. The number of nitrogens with zero attached hydrogens (tertiary/aromatic N) is 1. The minimum absolute atomic E-state index is 0.807. The fourth-order valence-electron chi connectivity index (χ4n) is 4.39. The zero-order chi connectivity index (χ0) is 14.7. The third-order valence-electron chi connectivity index (χ3n) is 5.60. The topological polar surface area (TPSA) is 29.3 Å². The number of hydrogen-bond donors (Lipinski definition) is 1. The van der Waals surface area contributed by atoms with Gasteiger partial charge in [0.15, 0.2) is 0 Å². The van der Waals surface area contributed by atoms with Crippen LogP contribution in [0.2, 0.25) is 0 Å². The van der Waals surface area contributed by atoms with Gasteiger partial charge in [-0.1, -0.05) is 44.7 Å². The van der Waals surface area contributed by atoms with Crippen LogP contribution in [0.5, 0.6) is 0 Å². The van der Waals surface area contributed by atoms with Crippen molar-refractivity contribution in [2.45, 2.75) is 70.9 Å². The molecule has 1 aromatic carbocycles. The highest BCUT2D eigenvalue weighted by molar-refractivity contribution is 5.51. The Morgan fingerprint density at radius 2 is 2.10 bits per heavy atom. The van der Waals surface area contributed by atoms with E-state index in [4.69, 9.17) is 5.73 Å². The minimum Gasteiger partial charge on any atom is -0.398 e. The zero-order valence-corrected chi connectivity index (χ0v) is 13.5. The fourth-order valence-corrected chi connectivity index (χ4v) is 4.39. The van der Waals surface area contributed by atoms with Gasteiger partial charge in [-0.25, -0.2) is 0 Å². The molecule has 2 atom stereocenters. The van der Waals surface area contributed by atoms with Crippen molar-refractivity contribution in [3.63, 3.8) is 0 Å². The van der Waals surface area contributed by atoms with Crippen LogP contribution in [0.25, 0.3) is 0 Å². The van der Waals surface area contributed by atoms with E-state index < -0.39 is 0 Å². The summed E-state index contributed by atoms with van der Waals surface area (Å²) in [6.07, 6.45) is 11.1. The number of hydrogen-bond acceptors (Lipinski definition) is 2. The molecule has 2 aliphatic rings. The molecule has 1 aliphatic heterocycles. The second-order valence-electron chi connectivity index (χ2n) is 7.02. The average molecular weight is 286 g/mol. The van der Waals surface area contributed by atoms with E-state index in [9.17, 15) is 0 Å². The summed E-state index contributed by atoms with van der Waals surface area (Å²) in [6, 6.07) is 7.24. The molecule has 2 N–H and O–H groups in total. The number of nitrogen functional groups attached to an aromatic ring is 1. The monoisotopic (exact) mass is 286 g/mol. The Balaban J connectivity index is 1.63. The molecule has 0 bridgehead atoms. The maximum atomic E-state index is 6.12. The third-order valence-corrected chi connectivity index (χ3v) is 5.60. The van der Waals surface area contributed by atoms with Crippen LogP contribution in [0, 0.1) is 5.92 Å². The summed E-state index contributed by atoms with van der Waals surface area (Å²) in [4.78, 5) is 2.73. The number of fused-ring (bicyclic) bond motifs is 1. The Hall–Kier alpha value is -1.02. The van der Waals surface area contributed by atoms with E-state index in [1.165, 1.54) is 62.6 Å². The Morgan fingerprint density at radius 3 is 2.95 bits per heavy atom. The third kappa shape index (κ3) is 3.42. The number of benzene rings is 1. The van der Waals surface area contributed by atoms with Crippen LogP contribution in [-0.4, -0.2) is 17.5 Å². The van der Waals surface area contributed by atoms with Crippen molar-refractivity contribution in [3.8, 4) is 0 Å². The average Bonchev–Trinajstić information content (AvgIpc) is 2.73. The predicted octanol–water partition coefficient (Wildman–Crippen LogP) is 4.38. The first kappa shape index (κ1) is 14.9. The normalized spacial score (nSPS) is 27.1. The van der Waals surface area contributed by atoms with Crippen molar-refractivity contribution >= 4 is 5.69 Å². The molecule has 0 saturated heterocycles. The summed E-state index contributed by atoms with van der Waals surface area (Å²) in [7, 11) is 0. The van der Waals surface area contributed by atoms with Crippen LogP contribution in [0.15, 0.2) is 18.2 Å². The quantitative estimate of drug-likeness (QED) is 0.660. The van der Waals surface area contributed by atoms with E-state index in [1.807, 2.05) is 0 Å². The molecule has 21 heavy (non-hydrogen) atoms. The predicted molar refractivity (Wildman–Crippen MR) is 90.2 cm³/mol. The molecule has 1 fully saturated rings. The molecule has 0 amide bonds. The molecule has 0 radical (unpaired) electrons. The highest BCUT2D eigenvalue weighted by Crippen LogP contribution is 2.32. The van der Waals surface area contributed by atoms with E-state index >= 15 is 0 Å². The van der Waals surface area contributed by atoms with E-state index in [-0.39, 0.29) is 0 Å². The number of nitrogens with two attached hydrogens (primary N) is 1. The summed E-state index contributed by atoms with van der Waals surface area (Å²) in [5.41, 5.74) is 10.00. The molecule has 2 heteroatoms. The maximum Gasteiger partial charge on any atom is 0.0350 e. The van der Waals surface area contributed by atoms with Gasteiger partial charge < -0.3 is 5.73 Å². The molecule has 116 valence electrons. The largest absolute Gasteiger partial charge is 0.398 e.